The van der Waals surface area contributed by atoms with Gasteiger partial charge in [-0.05, 0) is 12.5 Å². The summed E-state index contributed by atoms with van der Waals surface area (Å²) >= 11 is 0. The van der Waals surface area contributed by atoms with E-state index in [1.54, 1.807) is 6.08 Å². The smallest absolute Gasteiger partial charge is 0.331 e. The highest BCUT2D eigenvalue weighted by Gasteiger charge is 2.32. The third kappa shape index (κ3) is 1.26. The number of carbonyl (C=O) groups excluding carboxylic acids is 2. The first-order valence-corrected chi connectivity index (χ1v) is 4.16. The second-order valence-electron chi connectivity index (χ2n) is 3.30. The van der Waals surface area contributed by atoms with Gasteiger partial charge in [0.15, 0.2) is 0 Å². The summed E-state index contributed by atoms with van der Waals surface area (Å²) in [5.74, 6) is 0.246. The van der Waals surface area contributed by atoms with E-state index >= 15 is 0 Å². The lowest BCUT2D eigenvalue weighted by Crippen LogP contribution is -2.17. The topological polar surface area (TPSA) is 43.4 Å². The van der Waals surface area contributed by atoms with Crippen molar-refractivity contribution in [2.45, 2.75) is 25.4 Å². The first-order chi connectivity index (χ1) is 5.75. The summed E-state index contributed by atoms with van der Waals surface area (Å²) in [7, 11) is 0. The molecule has 0 amide bonds. The Bertz CT molecular complexity index is 254. The van der Waals surface area contributed by atoms with Crippen LogP contribution in [0.4, 0.5) is 0 Å². The maximum Gasteiger partial charge on any atom is 0.331 e. The van der Waals surface area contributed by atoms with Crippen molar-refractivity contribution in [3.63, 3.8) is 0 Å². The standard InChI is InChI=1S/C9H10O3/c10-7-2-1-6(5-7)8-3-4-9(11)12-8/h3-4,6,8H,1-2,5H2/t6?,8-/m1/s1. The molecular formula is C9H10O3. The van der Waals surface area contributed by atoms with Gasteiger partial charge < -0.3 is 4.74 Å². The van der Waals surface area contributed by atoms with Gasteiger partial charge in [0.25, 0.3) is 0 Å². The van der Waals surface area contributed by atoms with Crippen molar-refractivity contribution < 1.29 is 14.3 Å². The molecule has 2 rings (SSSR count). The highest BCUT2D eigenvalue weighted by atomic mass is 16.5. The van der Waals surface area contributed by atoms with Gasteiger partial charge in [0.1, 0.15) is 11.9 Å². The Labute approximate surface area is 70.4 Å². The van der Waals surface area contributed by atoms with Gasteiger partial charge in [-0.2, -0.15) is 0 Å². The normalized spacial score (nSPS) is 34.3. The van der Waals surface area contributed by atoms with E-state index < -0.39 is 0 Å². The Morgan fingerprint density at radius 3 is 2.75 bits per heavy atom. The average molecular weight is 166 g/mol. The van der Waals surface area contributed by atoms with Crippen molar-refractivity contribution in [1.82, 2.24) is 0 Å². The Hall–Kier alpha value is -1.12. The van der Waals surface area contributed by atoms with Crippen molar-refractivity contribution >= 4 is 11.8 Å². The summed E-state index contributed by atoms with van der Waals surface area (Å²) in [5, 5.41) is 0. The second kappa shape index (κ2) is 2.73. The number of ketones is 1. The van der Waals surface area contributed by atoms with Crippen LogP contribution >= 0.6 is 0 Å². The Morgan fingerprint density at radius 1 is 1.42 bits per heavy atom. The molecule has 0 saturated heterocycles. The molecule has 1 saturated carbocycles. The lowest BCUT2D eigenvalue weighted by Gasteiger charge is -2.14. The molecule has 1 aliphatic heterocycles. The van der Waals surface area contributed by atoms with Crippen LogP contribution in [-0.4, -0.2) is 17.9 Å². The number of hydrogen-bond donors (Lipinski definition) is 0. The molecule has 0 aromatic carbocycles. The fourth-order valence-corrected chi connectivity index (χ4v) is 1.76. The van der Waals surface area contributed by atoms with Crippen molar-refractivity contribution in [2.24, 2.45) is 5.92 Å². The number of rotatable bonds is 1. The second-order valence-corrected chi connectivity index (χ2v) is 3.30. The molecule has 12 heavy (non-hydrogen) atoms. The van der Waals surface area contributed by atoms with Crippen molar-refractivity contribution in [1.29, 1.82) is 0 Å². The van der Waals surface area contributed by atoms with Gasteiger partial charge in [-0.1, -0.05) is 0 Å². The fraction of sp³-hybridized carbons (Fsp3) is 0.556. The van der Waals surface area contributed by atoms with Crippen molar-refractivity contribution in [3.05, 3.63) is 12.2 Å². The lowest BCUT2D eigenvalue weighted by atomic mass is 10.0. The molecule has 0 radical (unpaired) electrons. The van der Waals surface area contributed by atoms with Crippen LogP contribution in [0.2, 0.25) is 0 Å². The van der Waals surface area contributed by atoms with E-state index in [2.05, 4.69) is 0 Å². The Balaban J connectivity index is 1.98. The molecule has 0 spiro atoms. The van der Waals surface area contributed by atoms with Crippen LogP contribution < -0.4 is 0 Å². The average Bonchev–Trinajstić information content (AvgIpc) is 2.58. The number of carbonyl (C=O) groups is 2. The van der Waals surface area contributed by atoms with E-state index in [0.29, 0.717) is 12.8 Å². The number of cyclic esters (lactones) is 1. The van der Waals surface area contributed by atoms with Crippen LogP contribution in [0.5, 0.6) is 0 Å². The molecule has 2 aliphatic rings. The summed E-state index contributed by atoms with van der Waals surface area (Å²) < 4.78 is 4.99. The third-order valence-corrected chi connectivity index (χ3v) is 2.42. The minimum absolute atomic E-state index is 0.135. The largest absolute Gasteiger partial charge is 0.455 e. The first kappa shape index (κ1) is 7.53. The van der Waals surface area contributed by atoms with Gasteiger partial charge in [-0.25, -0.2) is 4.79 Å². The summed E-state index contributed by atoms with van der Waals surface area (Å²) in [6.45, 7) is 0. The lowest BCUT2D eigenvalue weighted by molar-refractivity contribution is -0.140. The van der Waals surface area contributed by atoms with E-state index in [4.69, 9.17) is 4.74 Å². The van der Waals surface area contributed by atoms with Gasteiger partial charge in [-0.15, -0.1) is 0 Å². The van der Waals surface area contributed by atoms with Gasteiger partial charge in [0.2, 0.25) is 0 Å². The minimum Gasteiger partial charge on any atom is -0.455 e. The number of Topliss-reactive ketones (excluding diaryl/α,β-unsaturated/α-hetero) is 1. The molecule has 3 heteroatoms. The molecule has 0 aromatic heterocycles. The minimum atomic E-state index is -0.278. The highest BCUT2D eigenvalue weighted by Crippen LogP contribution is 2.29. The fourth-order valence-electron chi connectivity index (χ4n) is 1.76. The molecular weight excluding hydrogens is 156 g/mol. The van der Waals surface area contributed by atoms with Gasteiger partial charge in [-0.3, -0.25) is 4.79 Å². The van der Waals surface area contributed by atoms with Gasteiger partial charge in [0, 0.05) is 24.8 Å². The third-order valence-electron chi connectivity index (χ3n) is 2.42. The summed E-state index contributed by atoms with van der Waals surface area (Å²) in [6, 6.07) is 0. The summed E-state index contributed by atoms with van der Waals surface area (Å²) in [4.78, 5) is 21.6. The monoisotopic (exact) mass is 166 g/mol. The quantitative estimate of drug-likeness (QED) is 0.542. The molecule has 0 bridgehead atoms. The van der Waals surface area contributed by atoms with Gasteiger partial charge in [0.05, 0.1) is 0 Å². The molecule has 1 aliphatic carbocycles. The van der Waals surface area contributed by atoms with Gasteiger partial charge >= 0.3 is 5.97 Å². The maximum atomic E-state index is 10.9. The maximum absolute atomic E-state index is 10.9. The zero-order valence-electron chi connectivity index (χ0n) is 6.66. The molecule has 1 heterocycles. The van der Waals surface area contributed by atoms with Crippen LogP contribution in [0.25, 0.3) is 0 Å². The number of hydrogen-bond acceptors (Lipinski definition) is 3. The molecule has 1 unspecified atom stereocenters. The van der Waals surface area contributed by atoms with E-state index in [9.17, 15) is 9.59 Å². The predicted molar refractivity (Wildman–Crippen MR) is 41.4 cm³/mol. The molecule has 64 valence electrons. The first-order valence-electron chi connectivity index (χ1n) is 4.16. The number of esters is 1. The van der Waals surface area contributed by atoms with Crippen molar-refractivity contribution in [2.75, 3.05) is 0 Å². The zero-order valence-corrected chi connectivity index (χ0v) is 6.66. The summed E-state index contributed by atoms with van der Waals surface area (Å²) in [6.07, 6.45) is 5.14. The molecule has 2 atom stereocenters. The highest BCUT2D eigenvalue weighted by molar-refractivity contribution is 5.85. The SMILES string of the molecule is O=C1CCC([C@H]2C=CC(=O)O2)C1. The Morgan fingerprint density at radius 2 is 2.25 bits per heavy atom. The predicted octanol–water partition coefficient (Wildman–Crippen LogP) is 0.837. The van der Waals surface area contributed by atoms with Crippen LogP contribution in [0.15, 0.2) is 12.2 Å². The van der Waals surface area contributed by atoms with Crippen LogP contribution in [0.3, 0.4) is 0 Å². The number of ether oxygens (including phenoxy) is 1. The van der Waals surface area contributed by atoms with E-state index in [0.717, 1.165) is 6.42 Å². The molecule has 0 N–H and O–H groups in total. The Kier molecular flexibility index (Phi) is 1.71. The van der Waals surface area contributed by atoms with E-state index in [1.807, 2.05) is 0 Å². The molecule has 1 fully saturated rings. The summed E-state index contributed by atoms with van der Waals surface area (Å²) in [5.41, 5.74) is 0. The van der Waals surface area contributed by atoms with Crippen LogP contribution in [0.1, 0.15) is 19.3 Å². The van der Waals surface area contributed by atoms with Crippen molar-refractivity contribution in [3.8, 4) is 0 Å². The zero-order chi connectivity index (χ0) is 8.55. The van der Waals surface area contributed by atoms with E-state index in [1.165, 1.54) is 6.08 Å². The van der Waals surface area contributed by atoms with Crippen LogP contribution in [-0.2, 0) is 14.3 Å². The van der Waals surface area contributed by atoms with Crippen LogP contribution in [0, 0.1) is 5.92 Å². The molecule has 0 aromatic rings. The van der Waals surface area contributed by atoms with E-state index in [-0.39, 0.29) is 23.8 Å². The molecule has 3 nitrogen and oxygen atoms in total.